The maximum absolute atomic E-state index is 12.0. The normalized spacial score (nSPS) is 16.3. The summed E-state index contributed by atoms with van der Waals surface area (Å²) in [6.45, 7) is 0. The van der Waals surface area contributed by atoms with Gasteiger partial charge < -0.3 is 4.74 Å². The summed E-state index contributed by atoms with van der Waals surface area (Å²) < 4.78 is 5.23. The Labute approximate surface area is 116 Å². The van der Waals surface area contributed by atoms with E-state index in [2.05, 4.69) is 5.92 Å². The Kier molecular flexibility index (Phi) is 3.92. The molecule has 1 aliphatic rings. The number of terminal acetylenes is 1. The number of ether oxygens (including phenoxy) is 1. The van der Waals surface area contributed by atoms with Crippen LogP contribution < -0.4 is 4.74 Å². The number of carbonyl (C=O) groups is 2. The maximum atomic E-state index is 12.0. The van der Waals surface area contributed by atoms with Crippen LogP contribution >= 0.6 is 11.6 Å². The predicted molar refractivity (Wildman–Crippen MR) is 72.5 cm³/mol. The van der Waals surface area contributed by atoms with Crippen molar-refractivity contribution in [2.75, 3.05) is 7.11 Å². The minimum Gasteiger partial charge on any atom is -0.496 e. The molecule has 0 N–H and O–H groups in total. The average Bonchev–Trinajstić information content (AvgIpc) is 2.39. The van der Waals surface area contributed by atoms with E-state index in [1.165, 1.54) is 7.11 Å². The van der Waals surface area contributed by atoms with Crippen LogP contribution in [-0.4, -0.2) is 18.7 Å². The van der Waals surface area contributed by atoms with Gasteiger partial charge in [-0.2, -0.15) is 0 Å². The van der Waals surface area contributed by atoms with E-state index in [9.17, 15) is 9.59 Å². The number of methoxy groups -OCH3 is 1. The summed E-state index contributed by atoms with van der Waals surface area (Å²) in [6.07, 6.45) is 6.73. The predicted octanol–water partition coefficient (Wildman–Crippen LogP) is 2.74. The van der Waals surface area contributed by atoms with Crippen LogP contribution in [-0.2, 0) is 9.59 Å². The van der Waals surface area contributed by atoms with Gasteiger partial charge in [-0.15, -0.1) is 6.42 Å². The van der Waals surface area contributed by atoms with E-state index in [1.54, 1.807) is 12.1 Å². The first kappa shape index (κ1) is 13.6. The largest absolute Gasteiger partial charge is 0.496 e. The highest BCUT2D eigenvalue weighted by molar-refractivity contribution is 6.32. The summed E-state index contributed by atoms with van der Waals surface area (Å²) in [5.41, 5.74) is 0.999. The molecule has 0 unspecified atom stereocenters. The van der Waals surface area contributed by atoms with Gasteiger partial charge in [0.2, 0.25) is 0 Å². The van der Waals surface area contributed by atoms with E-state index in [0.29, 0.717) is 41.2 Å². The van der Waals surface area contributed by atoms with E-state index < -0.39 is 5.92 Å². The lowest BCUT2D eigenvalue weighted by molar-refractivity contribution is -0.131. The third-order valence-electron chi connectivity index (χ3n) is 3.26. The van der Waals surface area contributed by atoms with Gasteiger partial charge in [0.05, 0.1) is 7.11 Å². The monoisotopic (exact) mass is 276 g/mol. The Hall–Kier alpha value is -1.79. The molecular formula is C15H13ClO3. The quantitative estimate of drug-likeness (QED) is 0.616. The standard InChI is InChI=1S/C15H13ClO3/c1-3-9-7-10(16)14(13(8-9)19-2)15-11(17)5-4-6-12(15)18/h1,7-8,15H,4-6H2,2H3. The van der Waals surface area contributed by atoms with Gasteiger partial charge >= 0.3 is 0 Å². The molecule has 1 fully saturated rings. The van der Waals surface area contributed by atoms with Gasteiger partial charge in [0.1, 0.15) is 23.2 Å². The van der Waals surface area contributed by atoms with Crippen molar-refractivity contribution in [3.8, 4) is 18.1 Å². The molecule has 0 atom stereocenters. The summed E-state index contributed by atoms with van der Waals surface area (Å²) in [6, 6.07) is 3.20. The van der Waals surface area contributed by atoms with E-state index in [1.807, 2.05) is 0 Å². The Bertz CT molecular complexity index is 568. The molecule has 0 saturated heterocycles. The molecule has 1 aliphatic carbocycles. The van der Waals surface area contributed by atoms with E-state index in [4.69, 9.17) is 22.8 Å². The van der Waals surface area contributed by atoms with Crippen molar-refractivity contribution in [2.45, 2.75) is 25.2 Å². The van der Waals surface area contributed by atoms with Crippen LogP contribution in [0.3, 0.4) is 0 Å². The minimum absolute atomic E-state index is 0.107. The number of Topliss-reactive ketones (excluding diaryl/α,β-unsaturated/α-hetero) is 2. The van der Waals surface area contributed by atoms with Gasteiger partial charge in [0, 0.05) is 29.0 Å². The Morgan fingerprint density at radius 3 is 2.47 bits per heavy atom. The number of ketones is 2. The Morgan fingerprint density at radius 2 is 1.95 bits per heavy atom. The van der Waals surface area contributed by atoms with Gasteiger partial charge in [0.15, 0.2) is 0 Å². The highest BCUT2D eigenvalue weighted by Crippen LogP contribution is 2.38. The van der Waals surface area contributed by atoms with Crippen LogP contribution in [0.25, 0.3) is 0 Å². The molecule has 0 aromatic heterocycles. The second kappa shape index (κ2) is 5.46. The average molecular weight is 277 g/mol. The molecule has 1 saturated carbocycles. The lowest BCUT2D eigenvalue weighted by Gasteiger charge is -2.22. The van der Waals surface area contributed by atoms with Crippen molar-refractivity contribution in [1.82, 2.24) is 0 Å². The molecular weight excluding hydrogens is 264 g/mol. The number of hydrogen-bond acceptors (Lipinski definition) is 3. The van der Waals surface area contributed by atoms with Crippen molar-refractivity contribution in [3.63, 3.8) is 0 Å². The second-order valence-corrected chi connectivity index (χ2v) is 4.84. The lowest BCUT2D eigenvalue weighted by Crippen LogP contribution is -2.27. The Balaban J connectivity index is 2.58. The molecule has 0 amide bonds. The topological polar surface area (TPSA) is 43.4 Å². The molecule has 19 heavy (non-hydrogen) atoms. The van der Waals surface area contributed by atoms with Gasteiger partial charge in [-0.05, 0) is 18.6 Å². The van der Waals surface area contributed by atoms with Crippen LogP contribution in [0.15, 0.2) is 12.1 Å². The summed E-state index contributed by atoms with van der Waals surface area (Å²) in [5.74, 6) is 1.83. The number of halogens is 1. The van der Waals surface area contributed by atoms with E-state index in [-0.39, 0.29) is 11.6 Å². The van der Waals surface area contributed by atoms with Gasteiger partial charge in [-0.25, -0.2) is 0 Å². The summed E-state index contributed by atoms with van der Waals surface area (Å²) in [4.78, 5) is 24.0. The van der Waals surface area contributed by atoms with Gasteiger partial charge in [0.25, 0.3) is 0 Å². The van der Waals surface area contributed by atoms with Gasteiger partial charge in [-0.1, -0.05) is 17.5 Å². The fourth-order valence-electron chi connectivity index (χ4n) is 2.35. The maximum Gasteiger partial charge on any atom is 0.147 e. The molecule has 3 nitrogen and oxygen atoms in total. The lowest BCUT2D eigenvalue weighted by atomic mass is 9.81. The van der Waals surface area contributed by atoms with Crippen molar-refractivity contribution in [3.05, 3.63) is 28.3 Å². The van der Waals surface area contributed by atoms with Crippen molar-refractivity contribution < 1.29 is 14.3 Å². The summed E-state index contributed by atoms with van der Waals surface area (Å²) in [7, 11) is 1.47. The summed E-state index contributed by atoms with van der Waals surface area (Å²) >= 11 is 6.18. The highest BCUT2D eigenvalue weighted by atomic mass is 35.5. The minimum atomic E-state index is -0.817. The van der Waals surface area contributed by atoms with Crippen molar-refractivity contribution >= 4 is 23.2 Å². The zero-order valence-corrected chi connectivity index (χ0v) is 11.3. The number of benzene rings is 1. The molecule has 98 valence electrons. The van der Waals surface area contributed by atoms with Crippen LogP contribution in [0.4, 0.5) is 0 Å². The number of hydrogen-bond donors (Lipinski definition) is 0. The first-order chi connectivity index (χ1) is 9.08. The molecule has 1 aromatic carbocycles. The molecule has 0 heterocycles. The smallest absolute Gasteiger partial charge is 0.147 e. The first-order valence-corrected chi connectivity index (χ1v) is 6.35. The van der Waals surface area contributed by atoms with Crippen LogP contribution in [0.5, 0.6) is 5.75 Å². The number of rotatable bonds is 2. The fourth-order valence-corrected chi connectivity index (χ4v) is 2.67. The fraction of sp³-hybridized carbons (Fsp3) is 0.333. The SMILES string of the molecule is C#Cc1cc(Cl)c(C2C(=O)CCCC2=O)c(OC)c1. The third kappa shape index (κ3) is 2.50. The van der Waals surface area contributed by atoms with Gasteiger partial charge in [-0.3, -0.25) is 9.59 Å². The third-order valence-corrected chi connectivity index (χ3v) is 3.57. The second-order valence-electron chi connectivity index (χ2n) is 4.44. The molecule has 0 bridgehead atoms. The van der Waals surface area contributed by atoms with Crippen LogP contribution in [0, 0.1) is 12.3 Å². The molecule has 0 aliphatic heterocycles. The highest BCUT2D eigenvalue weighted by Gasteiger charge is 2.35. The molecule has 4 heteroatoms. The van der Waals surface area contributed by atoms with E-state index >= 15 is 0 Å². The van der Waals surface area contributed by atoms with Crippen molar-refractivity contribution in [2.24, 2.45) is 0 Å². The van der Waals surface area contributed by atoms with Crippen molar-refractivity contribution in [1.29, 1.82) is 0 Å². The molecule has 1 aromatic rings. The Morgan fingerprint density at radius 1 is 1.32 bits per heavy atom. The first-order valence-electron chi connectivity index (χ1n) is 5.98. The zero-order chi connectivity index (χ0) is 14.0. The van der Waals surface area contributed by atoms with Crippen LogP contribution in [0.1, 0.15) is 36.3 Å². The molecule has 2 rings (SSSR count). The molecule has 0 radical (unpaired) electrons. The van der Waals surface area contributed by atoms with E-state index in [0.717, 1.165) is 0 Å². The zero-order valence-electron chi connectivity index (χ0n) is 10.5. The van der Waals surface area contributed by atoms with Crippen LogP contribution in [0.2, 0.25) is 5.02 Å². The number of carbonyl (C=O) groups excluding carboxylic acids is 2. The molecule has 0 spiro atoms. The summed E-state index contributed by atoms with van der Waals surface area (Å²) in [5, 5.41) is 0.306.